The van der Waals surface area contributed by atoms with E-state index in [1.807, 2.05) is 35.1 Å². The first-order valence-corrected chi connectivity index (χ1v) is 7.23. The van der Waals surface area contributed by atoms with Gasteiger partial charge in [-0.05, 0) is 23.4 Å². The van der Waals surface area contributed by atoms with E-state index in [0.29, 0.717) is 11.8 Å². The summed E-state index contributed by atoms with van der Waals surface area (Å²) in [5.41, 5.74) is 1.93. The molecule has 0 saturated carbocycles. The predicted octanol–water partition coefficient (Wildman–Crippen LogP) is 4.28. The minimum atomic E-state index is 0.399. The molecule has 0 aliphatic heterocycles. The van der Waals surface area contributed by atoms with E-state index in [0.717, 1.165) is 28.0 Å². The lowest BCUT2D eigenvalue weighted by molar-refractivity contribution is 0.759. The van der Waals surface area contributed by atoms with Gasteiger partial charge in [-0.3, -0.25) is 0 Å². The number of hydrogen-bond donors (Lipinski definition) is 0. The Hall–Kier alpha value is -1.87. The lowest BCUT2D eigenvalue weighted by atomic mass is 10.1. The third-order valence-electron chi connectivity index (χ3n) is 3.33. The Bertz CT molecular complexity index is 746. The molecular formula is C16H16ClN3. The van der Waals surface area contributed by atoms with Crippen molar-refractivity contribution in [1.82, 2.24) is 14.8 Å². The van der Waals surface area contributed by atoms with Gasteiger partial charge in [0.1, 0.15) is 0 Å². The van der Waals surface area contributed by atoms with Crippen LogP contribution in [0.2, 0.25) is 0 Å². The highest BCUT2D eigenvalue weighted by Crippen LogP contribution is 2.23. The molecule has 0 amide bonds. The number of hydrogen-bond acceptors (Lipinski definition) is 2. The number of rotatable bonds is 3. The second-order valence-corrected chi connectivity index (χ2v) is 5.40. The largest absolute Gasteiger partial charge is 0.232 e. The van der Waals surface area contributed by atoms with Crippen molar-refractivity contribution in [2.45, 2.75) is 25.6 Å². The van der Waals surface area contributed by atoms with Gasteiger partial charge in [0.05, 0.1) is 17.3 Å². The van der Waals surface area contributed by atoms with E-state index in [2.05, 4.69) is 36.1 Å². The summed E-state index contributed by atoms with van der Waals surface area (Å²) >= 11 is 5.95. The van der Waals surface area contributed by atoms with E-state index in [1.165, 1.54) is 0 Å². The molecule has 1 aromatic carbocycles. The van der Waals surface area contributed by atoms with Crippen molar-refractivity contribution in [2.75, 3.05) is 0 Å². The van der Waals surface area contributed by atoms with Crippen LogP contribution in [0.4, 0.5) is 0 Å². The van der Waals surface area contributed by atoms with Gasteiger partial charge < -0.3 is 0 Å². The molecule has 0 spiro atoms. The van der Waals surface area contributed by atoms with Crippen molar-refractivity contribution < 1.29 is 0 Å². The molecule has 3 aromatic rings. The van der Waals surface area contributed by atoms with Crippen molar-refractivity contribution in [3.8, 4) is 5.82 Å². The summed E-state index contributed by atoms with van der Waals surface area (Å²) in [7, 11) is 0. The van der Waals surface area contributed by atoms with Crippen LogP contribution in [0.1, 0.15) is 31.2 Å². The average molecular weight is 286 g/mol. The highest BCUT2D eigenvalue weighted by Gasteiger charge is 2.10. The Morgan fingerprint density at radius 2 is 2.00 bits per heavy atom. The monoisotopic (exact) mass is 285 g/mol. The van der Waals surface area contributed by atoms with Crippen molar-refractivity contribution in [2.24, 2.45) is 0 Å². The predicted molar refractivity (Wildman–Crippen MR) is 82.5 cm³/mol. The van der Waals surface area contributed by atoms with Crippen LogP contribution < -0.4 is 0 Å². The summed E-state index contributed by atoms with van der Waals surface area (Å²) in [6.07, 6.45) is 1.96. The van der Waals surface area contributed by atoms with Crippen LogP contribution in [0.3, 0.4) is 0 Å². The summed E-state index contributed by atoms with van der Waals surface area (Å²) < 4.78 is 1.84. The molecule has 0 aliphatic carbocycles. The van der Waals surface area contributed by atoms with Crippen LogP contribution in [0.15, 0.2) is 42.6 Å². The van der Waals surface area contributed by atoms with Gasteiger partial charge in [0.15, 0.2) is 5.82 Å². The molecule has 0 radical (unpaired) electrons. The standard InChI is InChI=1S/C16H16ClN3/c1-11(2)15-7-8-20(19-15)16-14-6-4-3-5-12(14)9-13(10-17)18-16/h3-9,11H,10H2,1-2H3. The lowest BCUT2D eigenvalue weighted by Gasteiger charge is -2.08. The summed E-state index contributed by atoms with van der Waals surface area (Å²) in [5, 5.41) is 6.83. The molecular weight excluding hydrogens is 270 g/mol. The Morgan fingerprint density at radius 1 is 1.20 bits per heavy atom. The summed E-state index contributed by atoms with van der Waals surface area (Å²) in [6, 6.07) is 12.2. The maximum absolute atomic E-state index is 5.95. The Morgan fingerprint density at radius 3 is 2.70 bits per heavy atom. The van der Waals surface area contributed by atoms with E-state index >= 15 is 0 Å². The maximum Gasteiger partial charge on any atom is 0.161 e. The van der Waals surface area contributed by atoms with Gasteiger partial charge in [0.25, 0.3) is 0 Å². The topological polar surface area (TPSA) is 30.7 Å². The van der Waals surface area contributed by atoms with E-state index in [1.54, 1.807) is 0 Å². The zero-order chi connectivity index (χ0) is 14.1. The van der Waals surface area contributed by atoms with Gasteiger partial charge in [-0.15, -0.1) is 11.6 Å². The zero-order valence-electron chi connectivity index (χ0n) is 11.5. The number of pyridine rings is 1. The maximum atomic E-state index is 5.95. The highest BCUT2D eigenvalue weighted by atomic mass is 35.5. The minimum Gasteiger partial charge on any atom is -0.232 e. The highest BCUT2D eigenvalue weighted by molar-refractivity contribution is 6.17. The number of nitrogens with zero attached hydrogens (tertiary/aromatic N) is 3. The first-order valence-electron chi connectivity index (χ1n) is 6.69. The number of aromatic nitrogens is 3. The quantitative estimate of drug-likeness (QED) is 0.672. The minimum absolute atomic E-state index is 0.399. The Labute approximate surface area is 123 Å². The van der Waals surface area contributed by atoms with Gasteiger partial charge in [-0.1, -0.05) is 38.1 Å². The van der Waals surface area contributed by atoms with Crippen LogP contribution in [0.25, 0.3) is 16.6 Å². The molecule has 0 aliphatic rings. The molecule has 4 heteroatoms. The van der Waals surface area contributed by atoms with Crippen molar-refractivity contribution in [3.63, 3.8) is 0 Å². The first kappa shape index (κ1) is 13.1. The molecule has 20 heavy (non-hydrogen) atoms. The fraction of sp³-hybridized carbons (Fsp3) is 0.250. The third kappa shape index (κ3) is 2.29. The molecule has 2 aromatic heterocycles. The van der Waals surface area contributed by atoms with Crippen LogP contribution >= 0.6 is 11.6 Å². The summed E-state index contributed by atoms with van der Waals surface area (Å²) in [5.74, 6) is 1.64. The van der Waals surface area contributed by atoms with Gasteiger partial charge in [-0.2, -0.15) is 5.10 Å². The molecule has 0 N–H and O–H groups in total. The van der Waals surface area contributed by atoms with E-state index in [-0.39, 0.29) is 0 Å². The molecule has 3 rings (SSSR count). The van der Waals surface area contributed by atoms with Gasteiger partial charge in [0, 0.05) is 11.6 Å². The molecule has 0 unspecified atom stereocenters. The number of alkyl halides is 1. The third-order valence-corrected chi connectivity index (χ3v) is 3.60. The van der Waals surface area contributed by atoms with Crippen LogP contribution in [-0.4, -0.2) is 14.8 Å². The second kappa shape index (κ2) is 5.25. The number of benzene rings is 1. The molecule has 0 fully saturated rings. The van der Waals surface area contributed by atoms with Crippen LogP contribution in [-0.2, 0) is 5.88 Å². The Balaban J connectivity index is 2.22. The van der Waals surface area contributed by atoms with Crippen LogP contribution in [0, 0.1) is 0 Å². The summed E-state index contributed by atoms with van der Waals surface area (Å²) in [6.45, 7) is 4.26. The fourth-order valence-corrected chi connectivity index (χ4v) is 2.38. The number of fused-ring (bicyclic) bond motifs is 1. The molecule has 2 heterocycles. The normalized spacial score (nSPS) is 11.4. The van der Waals surface area contributed by atoms with Gasteiger partial charge in [0.2, 0.25) is 0 Å². The van der Waals surface area contributed by atoms with Gasteiger partial charge >= 0.3 is 0 Å². The molecule has 3 nitrogen and oxygen atoms in total. The Kier molecular flexibility index (Phi) is 3.45. The number of halogens is 1. The average Bonchev–Trinajstić information content (AvgIpc) is 2.96. The van der Waals surface area contributed by atoms with Crippen molar-refractivity contribution >= 4 is 22.4 Å². The fourth-order valence-electron chi connectivity index (χ4n) is 2.24. The van der Waals surface area contributed by atoms with Crippen LogP contribution in [0.5, 0.6) is 0 Å². The SMILES string of the molecule is CC(C)c1ccn(-c2nc(CCl)cc3ccccc23)n1. The van der Waals surface area contributed by atoms with E-state index in [4.69, 9.17) is 11.6 Å². The summed E-state index contributed by atoms with van der Waals surface area (Å²) in [4.78, 5) is 4.63. The molecule has 102 valence electrons. The van der Waals surface area contributed by atoms with E-state index < -0.39 is 0 Å². The zero-order valence-corrected chi connectivity index (χ0v) is 12.3. The van der Waals surface area contributed by atoms with E-state index in [9.17, 15) is 0 Å². The molecule has 0 bridgehead atoms. The van der Waals surface area contributed by atoms with Gasteiger partial charge in [-0.25, -0.2) is 9.67 Å². The lowest BCUT2D eigenvalue weighted by Crippen LogP contribution is -2.03. The van der Waals surface area contributed by atoms with Crippen molar-refractivity contribution in [3.05, 3.63) is 54.0 Å². The molecule has 0 atom stereocenters. The second-order valence-electron chi connectivity index (χ2n) is 5.13. The molecule has 0 saturated heterocycles. The van der Waals surface area contributed by atoms with Crippen molar-refractivity contribution in [1.29, 1.82) is 0 Å². The smallest absolute Gasteiger partial charge is 0.161 e. The first-order chi connectivity index (χ1) is 9.69.